The molecule has 0 radical (unpaired) electrons. The van der Waals surface area contributed by atoms with E-state index < -0.39 is 0 Å². The van der Waals surface area contributed by atoms with Gasteiger partial charge in [0.05, 0.1) is 0 Å². The Balaban J connectivity index is 2.07. The maximum Gasteiger partial charge on any atom is 0.185 e. The molecule has 0 bridgehead atoms. The van der Waals surface area contributed by atoms with E-state index >= 15 is 0 Å². The number of hydrogen-bond donors (Lipinski definition) is 0. The van der Waals surface area contributed by atoms with Crippen molar-refractivity contribution in [3.63, 3.8) is 0 Å². The van der Waals surface area contributed by atoms with E-state index in [0.29, 0.717) is 0 Å². The Hall–Kier alpha value is -2.41. The van der Waals surface area contributed by atoms with Gasteiger partial charge in [0.2, 0.25) is 0 Å². The third kappa shape index (κ3) is 4.06. The summed E-state index contributed by atoms with van der Waals surface area (Å²) < 4.78 is 0. The molecule has 0 aromatic heterocycles. The summed E-state index contributed by atoms with van der Waals surface area (Å²) in [6.45, 7) is 4.00. The molecule has 0 aliphatic heterocycles. The second kappa shape index (κ2) is 6.67. The Morgan fingerprint density at radius 3 is 2.20 bits per heavy atom. The molecular weight excluding hydrogens is 244 g/mol. The number of ketones is 1. The topological polar surface area (TPSA) is 17.1 Å². The molecule has 0 amide bonds. The van der Waals surface area contributed by atoms with Crippen LogP contribution in [0.4, 0.5) is 0 Å². The summed E-state index contributed by atoms with van der Waals surface area (Å²) in [5.41, 5.74) is 4.07. The van der Waals surface area contributed by atoms with Crippen molar-refractivity contribution in [3.05, 3.63) is 89.0 Å². The van der Waals surface area contributed by atoms with Gasteiger partial charge in [-0.1, -0.05) is 77.9 Å². The van der Waals surface area contributed by atoms with Crippen LogP contribution in [-0.2, 0) is 0 Å². The molecule has 0 atom stereocenters. The third-order valence-corrected chi connectivity index (χ3v) is 3.03. The molecule has 0 unspecified atom stereocenters. The second-order valence-corrected chi connectivity index (χ2v) is 4.86. The lowest BCUT2D eigenvalue weighted by molar-refractivity contribution is 0.104. The van der Waals surface area contributed by atoms with Gasteiger partial charge in [-0.25, -0.2) is 0 Å². The van der Waals surface area contributed by atoms with Gasteiger partial charge >= 0.3 is 0 Å². The first-order chi connectivity index (χ1) is 9.65. The Labute approximate surface area is 120 Å². The monoisotopic (exact) mass is 262 g/mol. The van der Waals surface area contributed by atoms with Crippen LogP contribution in [0.2, 0.25) is 0 Å². The number of benzene rings is 2. The van der Waals surface area contributed by atoms with Crippen LogP contribution in [-0.4, -0.2) is 5.78 Å². The molecule has 20 heavy (non-hydrogen) atoms. The van der Waals surface area contributed by atoms with Crippen LogP contribution in [0.3, 0.4) is 0 Å². The van der Waals surface area contributed by atoms with Gasteiger partial charge in [-0.05, 0) is 25.5 Å². The van der Waals surface area contributed by atoms with E-state index in [-0.39, 0.29) is 5.78 Å². The zero-order chi connectivity index (χ0) is 14.4. The smallest absolute Gasteiger partial charge is 0.185 e. The van der Waals surface area contributed by atoms with Crippen LogP contribution < -0.4 is 0 Å². The maximum atomic E-state index is 12.0. The van der Waals surface area contributed by atoms with Gasteiger partial charge in [0, 0.05) is 5.56 Å². The SMILES string of the molecule is CC(/C=C\C(=O)c1ccc(C)cc1)=C\c1ccccc1. The van der Waals surface area contributed by atoms with Gasteiger partial charge < -0.3 is 0 Å². The highest BCUT2D eigenvalue weighted by Gasteiger charge is 2.00. The number of aryl methyl sites for hydroxylation is 1. The van der Waals surface area contributed by atoms with Gasteiger partial charge in [-0.3, -0.25) is 4.79 Å². The summed E-state index contributed by atoms with van der Waals surface area (Å²) in [6, 6.07) is 17.7. The van der Waals surface area contributed by atoms with Crippen molar-refractivity contribution >= 4 is 11.9 Å². The third-order valence-electron chi connectivity index (χ3n) is 3.03. The lowest BCUT2D eigenvalue weighted by atomic mass is 10.1. The molecule has 0 aliphatic rings. The molecule has 100 valence electrons. The highest BCUT2D eigenvalue weighted by atomic mass is 16.1. The van der Waals surface area contributed by atoms with E-state index in [1.807, 2.05) is 74.5 Å². The zero-order valence-electron chi connectivity index (χ0n) is 11.8. The minimum atomic E-state index is 0.0332. The van der Waals surface area contributed by atoms with Gasteiger partial charge in [0.1, 0.15) is 0 Å². The van der Waals surface area contributed by atoms with Crippen LogP contribution in [0.5, 0.6) is 0 Å². The minimum Gasteiger partial charge on any atom is -0.289 e. The Morgan fingerprint density at radius 2 is 1.55 bits per heavy atom. The van der Waals surface area contributed by atoms with Crippen molar-refractivity contribution in [2.24, 2.45) is 0 Å². The molecule has 2 rings (SSSR count). The van der Waals surface area contributed by atoms with Gasteiger partial charge in [-0.2, -0.15) is 0 Å². The highest BCUT2D eigenvalue weighted by molar-refractivity contribution is 6.04. The van der Waals surface area contributed by atoms with Crippen molar-refractivity contribution in [3.8, 4) is 0 Å². The second-order valence-electron chi connectivity index (χ2n) is 4.86. The Morgan fingerprint density at radius 1 is 0.900 bits per heavy atom. The van der Waals surface area contributed by atoms with Crippen LogP contribution in [0.25, 0.3) is 6.08 Å². The van der Waals surface area contributed by atoms with Crippen molar-refractivity contribution in [2.75, 3.05) is 0 Å². The van der Waals surface area contributed by atoms with Crippen LogP contribution >= 0.6 is 0 Å². The zero-order valence-corrected chi connectivity index (χ0v) is 11.8. The van der Waals surface area contributed by atoms with Crippen molar-refractivity contribution in [1.29, 1.82) is 0 Å². The van der Waals surface area contributed by atoms with E-state index in [9.17, 15) is 4.79 Å². The summed E-state index contributed by atoms with van der Waals surface area (Å²) >= 11 is 0. The average molecular weight is 262 g/mol. The maximum absolute atomic E-state index is 12.0. The molecule has 1 heteroatoms. The molecular formula is C19H18O. The normalized spacial score (nSPS) is 11.8. The number of carbonyl (C=O) groups is 1. The van der Waals surface area contributed by atoms with Gasteiger partial charge in [-0.15, -0.1) is 0 Å². The molecule has 0 N–H and O–H groups in total. The Bertz CT molecular complexity index is 631. The summed E-state index contributed by atoms with van der Waals surface area (Å²) in [6.07, 6.45) is 5.54. The first kappa shape index (κ1) is 14.0. The van der Waals surface area contributed by atoms with E-state index in [1.165, 1.54) is 0 Å². The van der Waals surface area contributed by atoms with Crippen molar-refractivity contribution in [1.82, 2.24) is 0 Å². The first-order valence-electron chi connectivity index (χ1n) is 6.67. The number of rotatable bonds is 4. The molecule has 0 heterocycles. The highest BCUT2D eigenvalue weighted by Crippen LogP contribution is 2.09. The predicted octanol–water partition coefficient (Wildman–Crippen LogP) is 4.84. The summed E-state index contributed by atoms with van der Waals surface area (Å²) in [7, 11) is 0. The lowest BCUT2D eigenvalue weighted by Gasteiger charge is -1.97. The number of hydrogen-bond acceptors (Lipinski definition) is 1. The van der Waals surface area contributed by atoms with Gasteiger partial charge in [0.25, 0.3) is 0 Å². The molecule has 1 nitrogen and oxygen atoms in total. The van der Waals surface area contributed by atoms with Crippen molar-refractivity contribution < 1.29 is 4.79 Å². The summed E-state index contributed by atoms with van der Waals surface area (Å²) in [5, 5.41) is 0. The molecule has 0 spiro atoms. The first-order valence-corrected chi connectivity index (χ1v) is 6.67. The van der Waals surface area contributed by atoms with Crippen LogP contribution in [0.1, 0.15) is 28.4 Å². The molecule has 0 saturated carbocycles. The minimum absolute atomic E-state index is 0.0332. The summed E-state index contributed by atoms with van der Waals surface area (Å²) in [4.78, 5) is 12.0. The Kier molecular flexibility index (Phi) is 4.67. The molecule has 0 saturated heterocycles. The standard InChI is InChI=1S/C19H18O/c1-15-8-11-18(12-9-15)19(20)13-10-16(2)14-17-6-4-3-5-7-17/h3-14H,1-2H3/b13-10-,16-14+. The lowest BCUT2D eigenvalue weighted by Crippen LogP contribution is -1.93. The average Bonchev–Trinajstić information content (AvgIpc) is 2.46. The molecule has 2 aromatic carbocycles. The van der Waals surface area contributed by atoms with Gasteiger partial charge in [0.15, 0.2) is 5.78 Å². The van der Waals surface area contributed by atoms with Crippen LogP contribution in [0.15, 0.2) is 72.3 Å². The molecule has 0 fully saturated rings. The fourth-order valence-electron chi connectivity index (χ4n) is 1.88. The molecule has 0 aliphatic carbocycles. The van der Waals surface area contributed by atoms with Crippen molar-refractivity contribution in [2.45, 2.75) is 13.8 Å². The van der Waals surface area contributed by atoms with Crippen LogP contribution in [0, 0.1) is 6.92 Å². The van der Waals surface area contributed by atoms with E-state index in [0.717, 1.165) is 22.3 Å². The quantitative estimate of drug-likeness (QED) is 0.438. The predicted molar refractivity (Wildman–Crippen MR) is 84.7 cm³/mol. The number of carbonyl (C=O) groups excluding carboxylic acids is 1. The van der Waals surface area contributed by atoms with E-state index in [2.05, 4.69) is 6.08 Å². The largest absolute Gasteiger partial charge is 0.289 e. The molecule has 2 aromatic rings. The fourth-order valence-corrected chi connectivity index (χ4v) is 1.88. The van der Waals surface area contributed by atoms with E-state index in [4.69, 9.17) is 0 Å². The van der Waals surface area contributed by atoms with E-state index in [1.54, 1.807) is 6.08 Å². The summed E-state index contributed by atoms with van der Waals surface area (Å²) in [5.74, 6) is 0.0332. The number of allylic oxidation sites excluding steroid dienone is 3. The fraction of sp³-hybridized carbons (Fsp3) is 0.105.